The largest absolute Gasteiger partial charge is 0.480 e. The van der Waals surface area contributed by atoms with E-state index in [1.54, 1.807) is 0 Å². The standard InChI is InChI=1S/C31H31NO4/c1-19-11-20(2)13-21(12-19)14-30-16-31(17-30,18-30)27(28(33)34)32-29(35)36-15-26-24-9-5-3-7-22(24)23-8-4-6-10-25(23)26/h3-13,26-27H,14-18H2,1-2H3,(H,32,35)(H,33,34). The van der Waals surface area contributed by atoms with Gasteiger partial charge in [0.25, 0.3) is 0 Å². The van der Waals surface area contributed by atoms with E-state index >= 15 is 0 Å². The first-order valence-electron chi connectivity index (χ1n) is 12.7. The van der Waals surface area contributed by atoms with Gasteiger partial charge < -0.3 is 15.2 Å². The second-order valence-corrected chi connectivity index (χ2v) is 11.3. The van der Waals surface area contributed by atoms with Crippen LogP contribution < -0.4 is 5.32 Å². The number of carbonyl (C=O) groups excluding carboxylic acids is 1. The number of fused-ring (bicyclic) bond motifs is 3. The molecule has 4 aliphatic carbocycles. The van der Waals surface area contributed by atoms with Gasteiger partial charge in [0.1, 0.15) is 12.6 Å². The van der Waals surface area contributed by atoms with Gasteiger partial charge in [-0.1, -0.05) is 77.9 Å². The van der Waals surface area contributed by atoms with Gasteiger partial charge in [0, 0.05) is 11.3 Å². The highest BCUT2D eigenvalue weighted by Gasteiger charge is 2.71. The number of ether oxygens (including phenoxy) is 1. The minimum absolute atomic E-state index is 0.0533. The Hall–Kier alpha value is -3.60. The first-order valence-corrected chi connectivity index (χ1v) is 12.7. The SMILES string of the molecule is Cc1cc(C)cc(CC23CC(C(NC(=O)OCC4c5ccccc5-c5ccccc54)C(=O)O)(C2)C3)c1. The number of hydrogen-bond donors (Lipinski definition) is 2. The molecule has 3 saturated carbocycles. The second-order valence-electron chi connectivity index (χ2n) is 11.3. The van der Waals surface area contributed by atoms with Crippen LogP contribution in [-0.4, -0.2) is 29.8 Å². The van der Waals surface area contributed by atoms with Gasteiger partial charge in [-0.25, -0.2) is 9.59 Å². The third kappa shape index (κ3) is 3.69. The van der Waals surface area contributed by atoms with Gasteiger partial charge in [0.15, 0.2) is 0 Å². The number of aliphatic carboxylic acids is 1. The summed E-state index contributed by atoms with van der Waals surface area (Å²) in [6.07, 6.45) is 2.79. The highest BCUT2D eigenvalue weighted by molar-refractivity contribution is 5.82. The number of carboxylic acids is 1. The van der Waals surface area contributed by atoms with Crippen LogP contribution in [0, 0.1) is 24.7 Å². The van der Waals surface area contributed by atoms with E-state index in [0.717, 1.165) is 47.9 Å². The zero-order valence-electron chi connectivity index (χ0n) is 20.7. The van der Waals surface area contributed by atoms with Gasteiger partial charge in [-0.15, -0.1) is 0 Å². The summed E-state index contributed by atoms with van der Waals surface area (Å²) in [6, 6.07) is 22.0. The average Bonchev–Trinajstić information content (AvgIpc) is 3.11. The fourth-order valence-corrected chi connectivity index (χ4v) is 7.42. The van der Waals surface area contributed by atoms with Gasteiger partial charge in [0.05, 0.1) is 0 Å². The molecule has 36 heavy (non-hydrogen) atoms. The van der Waals surface area contributed by atoms with E-state index in [0.29, 0.717) is 0 Å². The summed E-state index contributed by atoms with van der Waals surface area (Å²) in [7, 11) is 0. The molecule has 0 saturated heterocycles. The van der Waals surface area contributed by atoms with Crippen LogP contribution in [0.5, 0.6) is 0 Å². The van der Waals surface area contributed by atoms with E-state index in [1.165, 1.54) is 16.7 Å². The predicted molar refractivity (Wildman–Crippen MR) is 138 cm³/mol. The second kappa shape index (κ2) is 8.22. The average molecular weight is 482 g/mol. The van der Waals surface area contributed by atoms with Crippen molar-refractivity contribution in [2.75, 3.05) is 6.61 Å². The third-order valence-electron chi connectivity index (χ3n) is 8.51. The summed E-state index contributed by atoms with van der Waals surface area (Å²) in [6.45, 7) is 4.40. The van der Waals surface area contributed by atoms with Crippen LogP contribution in [0.15, 0.2) is 66.7 Å². The molecule has 3 aromatic carbocycles. The van der Waals surface area contributed by atoms with Crippen molar-refractivity contribution in [2.24, 2.45) is 10.8 Å². The van der Waals surface area contributed by atoms with Crippen LogP contribution in [-0.2, 0) is 16.0 Å². The molecule has 0 radical (unpaired) electrons. The molecule has 2 bridgehead atoms. The number of rotatable bonds is 7. The summed E-state index contributed by atoms with van der Waals surface area (Å²) in [5.41, 5.74) is 8.22. The molecule has 184 valence electrons. The lowest BCUT2D eigenvalue weighted by atomic mass is 9.32. The summed E-state index contributed by atoms with van der Waals surface area (Å²) in [4.78, 5) is 25.0. The van der Waals surface area contributed by atoms with E-state index in [-0.39, 0.29) is 23.4 Å². The molecule has 5 nitrogen and oxygen atoms in total. The number of carbonyl (C=O) groups is 2. The smallest absolute Gasteiger partial charge is 0.407 e. The highest BCUT2D eigenvalue weighted by atomic mass is 16.5. The summed E-state index contributed by atoms with van der Waals surface area (Å²) < 4.78 is 5.64. The molecular formula is C31H31NO4. The monoisotopic (exact) mass is 481 g/mol. The number of benzene rings is 3. The van der Waals surface area contributed by atoms with Crippen LogP contribution in [0.25, 0.3) is 11.1 Å². The first-order chi connectivity index (χ1) is 17.3. The molecule has 1 amide bonds. The van der Waals surface area contributed by atoms with Crippen LogP contribution in [0.1, 0.15) is 53.0 Å². The van der Waals surface area contributed by atoms with Gasteiger partial charge >= 0.3 is 12.1 Å². The van der Waals surface area contributed by atoms with Crippen molar-refractivity contribution < 1.29 is 19.4 Å². The Morgan fingerprint density at radius 3 is 2.06 bits per heavy atom. The van der Waals surface area contributed by atoms with E-state index in [9.17, 15) is 14.7 Å². The number of amides is 1. The fourth-order valence-electron chi connectivity index (χ4n) is 7.42. The maximum atomic E-state index is 12.8. The Morgan fingerprint density at radius 2 is 1.50 bits per heavy atom. The molecule has 0 aromatic heterocycles. The van der Waals surface area contributed by atoms with E-state index < -0.39 is 18.1 Å². The number of hydrogen-bond acceptors (Lipinski definition) is 3. The molecule has 4 aliphatic rings. The molecule has 1 unspecified atom stereocenters. The van der Waals surface area contributed by atoms with Gasteiger partial charge in [0.2, 0.25) is 0 Å². The normalized spacial score (nSPS) is 24.1. The predicted octanol–water partition coefficient (Wildman–Crippen LogP) is 6.01. The first kappa shape index (κ1) is 22.8. The molecule has 0 spiro atoms. The Balaban J connectivity index is 1.09. The lowest BCUT2D eigenvalue weighted by molar-refractivity contribution is -0.223. The van der Waals surface area contributed by atoms with Crippen molar-refractivity contribution in [3.63, 3.8) is 0 Å². The van der Waals surface area contributed by atoms with Crippen LogP contribution in [0.2, 0.25) is 0 Å². The summed E-state index contributed by atoms with van der Waals surface area (Å²) in [5, 5.41) is 12.7. The molecule has 7 rings (SSSR count). The number of carboxylic acid groups (broad SMARTS) is 1. The van der Waals surface area contributed by atoms with Gasteiger partial charge in [-0.2, -0.15) is 0 Å². The third-order valence-corrected chi connectivity index (χ3v) is 8.51. The highest BCUT2D eigenvalue weighted by Crippen LogP contribution is 2.75. The summed E-state index contributed by atoms with van der Waals surface area (Å²) >= 11 is 0. The Labute approximate surface area is 211 Å². The van der Waals surface area contributed by atoms with Crippen molar-refractivity contribution in [2.45, 2.75) is 51.5 Å². The van der Waals surface area contributed by atoms with Crippen LogP contribution in [0.3, 0.4) is 0 Å². The Kier molecular flexibility index (Phi) is 5.22. The van der Waals surface area contributed by atoms with E-state index in [1.807, 2.05) is 24.3 Å². The zero-order chi connectivity index (χ0) is 25.1. The molecule has 3 aromatic rings. The van der Waals surface area contributed by atoms with Crippen molar-refractivity contribution in [1.29, 1.82) is 0 Å². The van der Waals surface area contributed by atoms with Crippen molar-refractivity contribution in [3.8, 4) is 11.1 Å². The van der Waals surface area contributed by atoms with Crippen LogP contribution in [0.4, 0.5) is 4.79 Å². The lowest BCUT2D eigenvalue weighted by Gasteiger charge is -2.72. The lowest BCUT2D eigenvalue weighted by Crippen LogP contribution is -2.72. The molecule has 0 aliphatic heterocycles. The molecule has 5 heteroatoms. The number of aryl methyl sites for hydroxylation is 2. The zero-order valence-corrected chi connectivity index (χ0v) is 20.7. The van der Waals surface area contributed by atoms with Crippen molar-refractivity contribution >= 4 is 12.1 Å². The maximum absolute atomic E-state index is 12.8. The molecule has 1 atom stereocenters. The van der Waals surface area contributed by atoms with Gasteiger partial charge in [-0.3, -0.25) is 0 Å². The van der Waals surface area contributed by atoms with Crippen molar-refractivity contribution in [3.05, 3.63) is 94.5 Å². The minimum Gasteiger partial charge on any atom is -0.480 e. The molecular weight excluding hydrogens is 450 g/mol. The quantitative estimate of drug-likeness (QED) is 0.433. The molecule has 0 heterocycles. The Bertz CT molecular complexity index is 1290. The molecule has 2 N–H and O–H groups in total. The minimum atomic E-state index is -0.983. The maximum Gasteiger partial charge on any atom is 0.407 e. The topological polar surface area (TPSA) is 75.6 Å². The fraction of sp³-hybridized carbons (Fsp3) is 0.355. The van der Waals surface area contributed by atoms with E-state index in [4.69, 9.17) is 4.74 Å². The number of alkyl carbamates (subject to hydrolysis) is 1. The van der Waals surface area contributed by atoms with Crippen LogP contribution >= 0.6 is 0 Å². The van der Waals surface area contributed by atoms with E-state index in [2.05, 4.69) is 61.6 Å². The molecule has 3 fully saturated rings. The summed E-state index contributed by atoms with van der Waals surface area (Å²) in [5.74, 6) is -1.04. The Morgan fingerprint density at radius 1 is 0.944 bits per heavy atom. The van der Waals surface area contributed by atoms with Gasteiger partial charge in [-0.05, 0) is 72.8 Å². The van der Waals surface area contributed by atoms with Crippen molar-refractivity contribution in [1.82, 2.24) is 5.32 Å². The number of nitrogens with one attached hydrogen (secondary N) is 1.